The monoisotopic (exact) mass is 489 g/mol. The minimum atomic E-state index is -0.640. The highest BCUT2D eigenvalue weighted by Gasteiger charge is 2.21. The summed E-state index contributed by atoms with van der Waals surface area (Å²) in [4.78, 5) is 52.0. The van der Waals surface area contributed by atoms with E-state index in [1.165, 1.54) is 35.3 Å². The second kappa shape index (κ2) is 9.07. The lowest BCUT2D eigenvalue weighted by Crippen LogP contribution is -2.41. The molecule has 5 aromatic rings. The van der Waals surface area contributed by atoms with Crippen LogP contribution in [0.4, 0.5) is 5.69 Å². The number of methoxy groups -OCH3 is 1. The van der Waals surface area contributed by atoms with Crippen molar-refractivity contribution in [3.63, 3.8) is 0 Å². The number of benzene rings is 2. The second-order valence-corrected chi connectivity index (χ2v) is 8.75. The van der Waals surface area contributed by atoms with Crippen LogP contribution in [-0.4, -0.2) is 28.1 Å². The number of carbonyl (C=O) groups excluding carboxylic acids is 2. The molecule has 0 atom stereocenters. The van der Waals surface area contributed by atoms with Gasteiger partial charge < -0.3 is 14.5 Å². The summed E-state index contributed by atoms with van der Waals surface area (Å²) in [5.41, 5.74) is -0.251. The van der Waals surface area contributed by atoms with Crippen molar-refractivity contribution in [3.05, 3.63) is 99.1 Å². The Balaban J connectivity index is 1.63. The third kappa shape index (κ3) is 4.04. The molecule has 3 heterocycles. The number of amides is 1. The number of hydrogen-bond acceptors (Lipinski definition) is 7. The van der Waals surface area contributed by atoms with Crippen LogP contribution in [0.5, 0.6) is 0 Å². The molecule has 0 bridgehead atoms. The van der Waals surface area contributed by atoms with E-state index in [1.807, 2.05) is 24.3 Å². The molecule has 0 radical (unpaired) electrons. The summed E-state index contributed by atoms with van der Waals surface area (Å²) < 4.78 is 13.6. The Kier molecular flexibility index (Phi) is 5.79. The van der Waals surface area contributed by atoms with Crippen molar-refractivity contribution in [2.45, 2.75) is 13.1 Å². The van der Waals surface area contributed by atoms with Crippen LogP contribution < -0.4 is 16.6 Å². The van der Waals surface area contributed by atoms with Crippen molar-refractivity contribution in [2.75, 3.05) is 12.4 Å². The molecule has 0 saturated heterocycles. The third-order valence-electron chi connectivity index (χ3n) is 5.54. The Morgan fingerprint density at radius 3 is 2.54 bits per heavy atom. The first-order valence-corrected chi connectivity index (χ1v) is 11.4. The minimum absolute atomic E-state index is 0.0678. The molecule has 1 N–H and O–H groups in total. The fourth-order valence-electron chi connectivity index (χ4n) is 3.95. The number of rotatable bonds is 6. The fraction of sp³-hybridized carbons (Fsp3) is 0.120. The van der Waals surface area contributed by atoms with Crippen molar-refractivity contribution < 1.29 is 18.7 Å². The topological polar surface area (TPSA) is 113 Å². The van der Waals surface area contributed by atoms with Crippen molar-refractivity contribution in [3.8, 4) is 0 Å². The van der Waals surface area contributed by atoms with Crippen LogP contribution in [0, 0.1) is 0 Å². The predicted octanol–water partition coefficient (Wildman–Crippen LogP) is 3.44. The van der Waals surface area contributed by atoms with E-state index in [0.29, 0.717) is 21.4 Å². The van der Waals surface area contributed by atoms with Gasteiger partial charge in [-0.1, -0.05) is 30.3 Å². The van der Waals surface area contributed by atoms with Gasteiger partial charge in [-0.2, -0.15) is 0 Å². The van der Waals surface area contributed by atoms with Gasteiger partial charge in [0, 0.05) is 10.1 Å². The van der Waals surface area contributed by atoms with E-state index in [4.69, 9.17) is 9.15 Å². The number of esters is 1. The summed E-state index contributed by atoms with van der Waals surface area (Å²) in [6, 6.07) is 17.1. The summed E-state index contributed by atoms with van der Waals surface area (Å²) in [7, 11) is 1.25. The molecule has 0 spiro atoms. The van der Waals surface area contributed by atoms with Crippen LogP contribution in [0.25, 0.3) is 20.3 Å². The maximum atomic E-state index is 13.5. The van der Waals surface area contributed by atoms with Crippen LogP contribution in [0.3, 0.4) is 0 Å². The summed E-state index contributed by atoms with van der Waals surface area (Å²) in [6.45, 7) is -0.439. The number of ether oxygens (including phenoxy) is 1. The van der Waals surface area contributed by atoms with Gasteiger partial charge in [0.2, 0.25) is 5.91 Å². The van der Waals surface area contributed by atoms with Crippen molar-refractivity contribution >= 4 is 49.2 Å². The van der Waals surface area contributed by atoms with Gasteiger partial charge in [0.25, 0.3) is 5.56 Å². The average molecular weight is 490 g/mol. The molecule has 0 aliphatic carbocycles. The average Bonchev–Trinajstić information content (AvgIpc) is 3.52. The zero-order valence-electron chi connectivity index (χ0n) is 18.5. The molecule has 3 aromatic heterocycles. The highest BCUT2D eigenvalue weighted by molar-refractivity contribution is 7.25. The Hall–Kier alpha value is -4.44. The van der Waals surface area contributed by atoms with Crippen LogP contribution in [-0.2, 0) is 22.6 Å². The summed E-state index contributed by atoms with van der Waals surface area (Å²) in [6.07, 6.45) is 1.46. The number of carbonyl (C=O) groups is 2. The third-order valence-corrected chi connectivity index (χ3v) is 6.69. The number of anilines is 1. The van der Waals surface area contributed by atoms with Crippen LogP contribution in [0.1, 0.15) is 16.1 Å². The van der Waals surface area contributed by atoms with Gasteiger partial charge in [-0.05, 0) is 30.3 Å². The van der Waals surface area contributed by atoms with Crippen molar-refractivity contribution in [2.24, 2.45) is 0 Å². The van der Waals surface area contributed by atoms with E-state index >= 15 is 0 Å². The van der Waals surface area contributed by atoms with Gasteiger partial charge in [-0.15, -0.1) is 11.3 Å². The van der Waals surface area contributed by atoms with Gasteiger partial charge in [0.15, 0.2) is 0 Å². The van der Waals surface area contributed by atoms with Crippen LogP contribution >= 0.6 is 11.3 Å². The molecule has 176 valence electrons. The lowest BCUT2D eigenvalue weighted by atomic mass is 10.2. The number of furan rings is 1. The normalized spacial score (nSPS) is 11.1. The highest BCUT2D eigenvalue weighted by Crippen LogP contribution is 2.31. The number of para-hydroxylation sites is 1. The summed E-state index contributed by atoms with van der Waals surface area (Å²) in [5.74, 6) is -0.702. The number of fused-ring (bicyclic) bond motifs is 3. The molecule has 1 amide bonds. The Labute approximate surface area is 201 Å². The molecular weight excluding hydrogens is 470 g/mol. The van der Waals surface area contributed by atoms with Gasteiger partial charge in [0.05, 0.1) is 36.7 Å². The zero-order valence-corrected chi connectivity index (χ0v) is 19.3. The largest absolute Gasteiger partial charge is 0.467 e. The van der Waals surface area contributed by atoms with E-state index in [1.54, 1.807) is 30.3 Å². The molecule has 5 rings (SSSR count). The standard InChI is InChI=1S/C25H19N3O6S/c1-33-24(31)16-8-2-4-10-18(16)26-20(29)14-27-21-17-9-3-5-11-19(17)35-22(21)23(30)28(25(27)32)13-15-7-6-12-34-15/h2-12H,13-14H2,1H3,(H,26,29). The first-order chi connectivity index (χ1) is 17.0. The van der Waals surface area contributed by atoms with E-state index in [-0.39, 0.29) is 24.3 Å². The Bertz CT molecular complexity index is 1690. The number of thiophene rings is 1. The molecule has 2 aromatic carbocycles. The zero-order chi connectivity index (χ0) is 24.5. The molecule has 9 nitrogen and oxygen atoms in total. The van der Waals surface area contributed by atoms with E-state index in [2.05, 4.69) is 5.32 Å². The molecule has 0 aliphatic heterocycles. The van der Waals surface area contributed by atoms with Crippen LogP contribution in [0.2, 0.25) is 0 Å². The SMILES string of the molecule is COC(=O)c1ccccc1NC(=O)Cn1c(=O)n(Cc2ccco2)c(=O)c2sc3ccccc3c21. The quantitative estimate of drug-likeness (QED) is 0.366. The van der Waals surface area contributed by atoms with Crippen molar-refractivity contribution in [1.82, 2.24) is 9.13 Å². The van der Waals surface area contributed by atoms with Gasteiger partial charge in [-0.25, -0.2) is 9.59 Å². The number of hydrogen-bond donors (Lipinski definition) is 1. The maximum Gasteiger partial charge on any atom is 0.339 e. The van der Waals surface area contributed by atoms with E-state index in [0.717, 1.165) is 9.27 Å². The number of aromatic nitrogens is 2. The Morgan fingerprint density at radius 2 is 1.77 bits per heavy atom. The molecule has 0 aliphatic rings. The summed E-state index contributed by atoms with van der Waals surface area (Å²) >= 11 is 1.26. The Morgan fingerprint density at radius 1 is 1.00 bits per heavy atom. The predicted molar refractivity (Wildman–Crippen MR) is 132 cm³/mol. The number of nitrogens with zero attached hydrogens (tertiary/aromatic N) is 2. The number of nitrogens with one attached hydrogen (secondary N) is 1. The molecule has 0 unspecified atom stereocenters. The maximum absolute atomic E-state index is 13.5. The van der Waals surface area contributed by atoms with Gasteiger partial charge >= 0.3 is 11.7 Å². The smallest absolute Gasteiger partial charge is 0.339 e. The van der Waals surface area contributed by atoms with Crippen LogP contribution in [0.15, 0.2) is 80.9 Å². The van der Waals surface area contributed by atoms with Gasteiger partial charge in [-0.3, -0.25) is 18.7 Å². The van der Waals surface area contributed by atoms with E-state index in [9.17, 15) is 19.2 Å². The minimum Gasteiger partial charge on any atom is -0.467 e. The molecular formula is C25H19N3O6S. The fourth-order valence-corrected chi connectivity index (χ4v) is 5.11. The lowest BCUT2D eigenvalue weighted by Gasteiger charge is -2.13. The molecule has 10 heteroatoms. The molecule has 35 heavy (non-hydrogen) atoms. The van der Waals surface area contributed by atoms with Crippen molar-refractivity contribution in [1.29, 1.82) is 0 Å². The highest BCUT2D eigenvalue weighted by atomic mass is 32.1. The second-order valence-electron chi connectivity index (χ2n) is 7.70. The summed E-state index contributed by atoms with van der Waals surface area (Å²) in [5, 5.41) is 3.39. The lowest BCUT2D eigenvalue weighted by molar-refractivity contribution is -0.116. The van der Waals surface area contributed by atoms with E-state index < -0.39 is 23.1 Å². The first-order valence-electron chi connectivity index (χ1n) is 10.6. The first kappa shape index (κ1) is 22.4. The molecule has 0 fully saturated rings. The van der Waals surface area contributed by atoms with Gasteiger partial charge in [0.1, 0.15) is 17.0 Å². The molecule has 0 saturated carbocycles.